The minimum atomic E-state index is -0.821. The topological polar surface area (TPSA) is 127 Å². The molecule has 0 aromatic heterocycles. The van der Waals surface area contributed by atoms with Crippen LogP contribution in [0.5, 0.6) is 0 Å². The number of hydrogen-bond acceptors (Lipinski definition) is 9. The van der Waals surface area contributed by atoms with Crippen LogP contribution in [0.1, 0.15) is 98.3 Å². The molecule has 0 spiro atoms. The molecular weight excluding hydrogens is 658 g/mol. The standard InChI is InChI=1S/C41H73N5O6/c1-24-33-20-29(41(33,3)4)21-34(24)43-40(50)37-36(25(2)48)35(23-47)52-46(37)22-26-11-9-13-32(38(26)51-8)27-17-28(19-31(18-27)44(5)6)39(49)42-15-14-30-12-10-16-45(30)7/h24-38,47-48H,9-23H2,1-8H3,(H,42,49)(H,43,50)/t24-,25-,26?,27?,28?,29+,30?,31?,32?,33-,34-,35-,36-,37-,38?/m0/s1. The van der Waals surface area contributed by atoms with Crippen LogP contribution in [0.15, 0.2) is 0 Å². The van der Waals surface area contributed by atoms with E-state index in [-0.39, 0.29) is 42.4 Å². The normalized spacial score (nSPS) is 42.9. The fraction of sp³-hybridized carbons (Fsp3) is 0.951. The van der Waals surface area contributed by atoms with Gasteiger partial charge in [-0.15, -0.1) is 0 Å². The number of fused-ring (bicyclic) bond motifs is 2. The minimum Gasteiger partial charge on any atom is -0.394 e. The second kappa shape index (κ2) is 16.8. The van der Waals surface area contributed by atoms with Gasteiger partial charge in [0.25, 0.3) is 0 Å². The zero-order valence-electron chi connectivity index (χ0n) is 33.6. The van der Waals surface area contributed by atoms with Crippen molar-refractivity contribution in [2.75, 3.05) is 54.5 Å². The van der Waals surface area contributed by atoms with E-state index in [0.29, 0.717) is 53.6 Å². The monoisotopic (exact) mass is 732 g/mol. The van der Waals surface area contributed by atoms with Crippen LogP contribution in [0.2, 0.25) is 0 Å². The lowest BCUT2D eigenvalue weighted by Crippen LogP contribution is -2.62. The Balaban J connectivity index is 1.14. The molecule has 5 aliphatic carbocycles. The predicted octanol–water partition coefficient (Wildman–Crippen LogP) is 3.53. The number of hydroxylamine groups is 2. The van der Waals surface area contributed by atoms with E-state index in [0.717, 1.165) is 64.5 Å². The number of aliphatic hydroxyl groups excluding tert-OH is 2. The number of rotatable bonds is 13. The first-order chi connectivity index (χ1) is 24.7. The summed E-state index contributed by atoms with van der Waals surface area (Å²) in [4.78, 5) is 39.1. The van der Waals surface area contributed by atoms with E-state index < -0.39 is 24.2 Å². The van der Waals surface area contributed by atoms with Crippen molar-refractivity contribution in [3.63, 3.8) is 0 Å². The van der Waals surface area contributed by atoms with E-state index in [2.05, 4.69) is 62.3 Å². The third kappa shape index (κ3) is 8.12. The molecule has 2 heterocycles. The zero-order chi connectivity index (χ0) is 37.5. The summed E-state index contributed by atoms with van der Waals surface area (Å²) in [6.45, 7) is 10.8. The van der Waals surface area contributed by atoms with Gasteiger partial charge in [0.2, 0.25) is 11.8 Å². The van der Waals surface area contributed by atoms with Gasteiger partial charge in [0, 0.05) is 56.1 Å². The third-order valence-corrected chi connectivity index (χ3v) is 15.6. The van der Waals surface area contributed by atoms with Crippen LogP contribution in [-0.2, 0) is 19.2 Å². The first-order valence-electron chi connectivity index (χ1n) is 20.9. The van der Waals surface area contributed by atoms with Gasteiger partial charge in [0.05, 0.1) is 18.8 Å². The maximum Gasteiger partial charge on any atom is 0.240 e. The Kier molecular flexibility index (Phi) is 13.0. The largest absolute Gasteiger partial charge is 0.394 e. The van der Waals surface area contributed by atoms with Gasteiger partial charge in [-0.25, -0.2) is 0 Å². The Morgan fingerprint density at radius 3 is 2.44 bits per heavy atom. The second-order valence-electron chi connectivity index (χ2n) is 19.0. The molecule has 11 heteroatoms. The van der Waals surface area contributed by atoms with Crippen LogP contribution in [0.4, 0.5) is 0 Å². The lowest BCUT2D eigenvalue weighted by molar-refractivity contribution is -0.193. The Bertz CT molecular complexity index is 1220. The molecular formula is C41H73N5O6. The molecule has 2 amide bonds. The molecule has 7 unspecified atom stereocenters. The highest BCUT2D eigenvalue weighted by atomic mass is 16.7. The van der Waals surface area contributed by atoms with E-state index in [4.69, 9.17) is 9.57 Å². The van der Waals surface area contributed by atoms with E-state index in [1.165, 1.54) is 19.3 Å². The van der Waals surface area contributed by atoms with Crippen LogP contribution in [0.25, 0.3) is 0 Å². The molecule has 2 bridgehead atoms. The van der Waals surface area contributed by atoms with Crippen LogP contribution in [0, 0.1) is 52.8 Å². The fourth-order valence-corrected chi connectivity index (χ4v) is 12.3. The van der Waals surface area contributed by atoms with Crippen molar-refractivity contribution in [3.8, 4) is 0 Å². The number of carbonyl (C=O) groups excluding carboxylic acids is 2. The average molecular weight is 732 g/mol. The molecule has 0 aromatic rings. The van der Waals surface area contributed by atoms with Crippen LogP contribution in [0.3, 0.4) is 0 Å². The SMILES string of the molecule is COC1C(CN2O[C@@H](CO)[C@H]([C@H](C)O)[C@H]2C(=O)N[C@H]2C[C@H]3C[C@@H]([C@@H]2C)C3(C)C)CCCC1C1CC(C(=O)NCCC2CCCN2C)CC(N(C)C)C1. The van der Waals surface area contributed by atoms with Gasteiger partial charge >= 0.3 is 0 Å². The number of ether oxygens (including phenoxy) is 1. The highest BCUT2D eigenvalue weighted by Crippen LogP contribution is 2.61. The number of amides is 2. The number of nitrogens with one attached hydrogen (secondary N) is 2. The predicted molar refractivity (Wildman–Crippen MR) is 202 cm³/mol. The number of hydrogen-bond donors (Lipinski definition) is 4. The van der Waals surface area contributed by atoms with Crippen molar-refractivity contribution in [1.29, 1.82) is 0 Å². The Labute approximate surface area is 314 Å². The van der Waals surface area contributed by atoms with Gasteiger partial charge in [-0.2, -0.15) is 5.06 Å². The van der Waals surface area contributed by atoms with Crippen molar-refractivity contribution < 1.29 is 29.4 Å². The first kappa shape index (κ1) is 40.3. The zero-order valence-corrected chi connectivity index (χ0v) is 33.6. The van der Waals surface area contributed by atoms with Crippen molar-refractivity contribution in [2.45, 2.75) is 141 Å². The minimum absolute atomic E-state index is 0.0174. The number of likely N-dealkylation sites (tertiary alicyclic amines) is 1. The summed E-state index contributed by atoms with van der Waals surface area (Å²) in [5, 5.41) is 29.9. The summed E-state index contributed by atoms with van der Waals surface area (Å²) in [6.07, 6.45) is 10.0. The molecule has 5 saturated carbocycles. The van der Waals surface area contributed by atoms with Crippen LogP contribution in [-0.4, -0.2) is 134 Å². The molecule has 2 aliphatic heterocycles. The van der Waals surface area contributed by atoms with Crippen molar-refractivity contribution in [2.24, 2.45) is 52.8 Å². The second-order valence-corrected chi connectivity index (χ2v) is 19.0. The van der Waals surface area contributed by atoms with Crippen molar-refractivity contribution in [1.82, 2.24) is 25.5 Å². The van der Waals surface area contributed by atoms with Crippen molar-refractivity contribution >= 4 is 11.8 Å². The van der Waals surface area contributed by atoms with E-state index in [1.807, 2.05) is 7.11 Å². The number of carbonyl (C=O) groups is 2. The summed E-state index contributed by atoms with van der Waals surface area (Å²) >= 11 is 0. The Morgan fingerprint density at radius 2 is 1.83 bits per heavy atom. The third-order valence-electron chi connectivity index (χ3n) is 15.6. The lowest BCUT2D eigenvalue weighted by Gasteiger charge is -2.62. The van der Waals surface area contributed by atoms with E-state index in [1.54, 1.807) is 12.0 Å². The molecule has 7 fully saturated rings. The summed E-state index contributed by atoms with van der Waals surface area (Å²) in [7, 11) is 8.28. The molecule has 298 valence electrons. The molecule has 11 nitrogen and oxygen atoms in total. The Morgan fingerprint density at radius 1 is 1.06 bits per heavy atom. The maximum atomic E-state index is 14.3. The van der Waals surface area contributed by atoms with Crippen LogP contribution >= 0.6 is 0 Å². The van der Waals surface area contributed by atoms with E-state index in [9.17, 15) is 19.8 Å². The van der Waals surface area contributed by atoms with Gasteiger partial charge in [-0.3, -0.25) is 14.4 Å². The molecule has 2 saturated heterocycles. The van der Waals surface area contributed by atoms with Gasteiger partial charge < -0.3 is 35.4 Å². The smallest absolute Gasteiger partial charge is 0.240 e. The molecule has 7 aliphatic rings. The number of methoxy groups -OCH3 is 1. The molecule has 4 N–H and O–H groups in total. The summed E-state index contributed by atoms with van der Waals surface area (Å²) in [5.41, 5.74) is 0.320. The van der Waals surface area contributed by atoms with Crippen LogP contribution < -0.4 is 10.6 Å². The lowest BCUT2D eigenvalue weighted by atomic mass is 9.45. The highest BCUT2D eigenvalue weighted by molar-refractivity contribution is 5.83. The summed E-state index contributed by atoms with van der Waals surface area (Å²) in [5.74, 6) is 1.90. The first-order valence-corrected chi connectivity index (χ1v) is 20.9. The van der Waals surface area contributed by atoms with Crippen molar-refractivity contribution in [3.05, 3.63) is 0 Å². The molecule has 0 aromatic carbocycles. The Hall–Kier alpha value is -1.34. The van der Waals surface area contributed by atoms with E-state index >= 15 is 0 Å². The molecule has 0 radical (unpaired) electrons. The van der Waals surface area contributed by atoms with Gasteiger partial charge in [0.1, 0.15) is 12.1 Å². The maximum absolute atomic E-state index is 14.3. The molecule has 15 atom stereocenters. The summed E-state index contributed by atoms with van der Waals surface area (Å²) in [6, 6.07) is 0.306. The van der Waals surface area contributed by atoms with Gasteiger partial charge in [-0.1, -0.05) is 27.2 Å². The average Bonchev–Trinajstić information content (AvgIpc) is 3.70. The number of aliphatic hydroxyl groups is 2. The molecule has 52 heavy (non-hydrogen) atoms. The summed E-state index contributed by atoms with van der Waals surface area (Å²) < 4.78 is 6.40. The molecule has 7 rings (SSSR count). The van der Waals surface area contributed by atoms with Gasteiger partial charge in [0.15, 0.2) is 0 Å². The highest BCUT2D eigenvalue weighted by Gasteiger charge is 2.58. The number of nitrogens with zero attached hydrogens (tertiary/aromatic N) is 3. The fourth-order valence-electron chi connectivity index (χ4n) is 12.3. The quantitative estimate of drug-likeness (QED) is 0.225. The van der Waals surface area contributed by atoms with Gasteiger partial charge in [-0.05, 0) is 134 Å².